The highest BCUT2D eigenvalue weighted by Crippen LogP contribution is 2.35. The zero-order chi connectivity index (χ0) is 24.1. The van der Waals surface area contributed by atoms with Crippen LogP contribution >= 0.6 is 0 Å². The lowest BCUT2D eigenvalue weighted by Crippen LogP contribution is -2.58. The SMILES string of the molecule is O=C(c1ccc(N2CCC(NCC3(N4CCOCC4)CCCC3)CC2)cc1)N1CCC[C@H](CO)C1. The second-order valence-electron chi connectivity index (χ2n) is 11.2. The van der Waals surface area contributed by atoms with Crippen LogP contribution in [0.4, 0.5) is 5.69 Å². The second kappa shape index (κ2) is 11.6. The van der Waals surface area contributed by atoms with Crippen molar-refractivity contribution in [2.45, 2.75) is 62.9 Å². The number of likely N-dealkylation sites (tertiary alicyclic amines) is 1. The van der Waals surface area contributed by atoms with Gasteiger partial charge in [0.2, 0.25) is 0 Å². The van der Waals surface area contributed by atoms with Crippen molar-refractivity contribution in [2.24, 2.45) is 5.92 Å². The van der Waals surface area contributed by atoms with Crippen LogP contribution in [0.5, 0.6) is 0 Å². The Bertz CT molecular complexity index is 812. The van der Waals surface area contributed by atoms with E-state index in [0.29, 0.717) is 18.1 Å². The number of aliphatic hydroxyl groups excluding tert-OH is 1. The molecule has 1 atom stereocenters. The van der Waals surface area contributed by atoms with Crippen LogP contribution < -0.4 is 10.2 Å². The predicted molar refractivity (Wildman–Crippen MR) is 139 cm³/mol. The van der Waals surface area contributed by atoms with Gasteiger partial charge in [0, 0.05) is 75.3 Å². The highest BCUT2D eigenvalue weighted by Gasteiger charge is 2.40. The van der Waals surface area contributed by atoms with Gasteiger partial charge in [-0.05, 0) is 68.7 Å². The molecule has 1 saturated carbocycles. The molecule has 7 heteroatoms. The van der Waals surface area contributed by atoms with Gasteiger partial charge in [0.05, 0.1) is 13.2 Å². The average Bonchev–Trinajstić information content (AvgIpc) is 3.43. The number of nitrogens with one attached hydrogen (secondary N) is 1. The number of benzene rings is 1. The Hall–Kier alpha value is -1.67. The summed E-state index contributed by atoms with van der Waals surface area (Å²) in [5.41, 5.74) is 2.32. The molecule has 3 aliphatic heterocycles. The Morgan fingerprint density at radius 2 is 1.69 bits per heavy atom. The number of hydrogen-bond donors (Lipinski definition) is 2. The van der Waals surface area contributed by atoms with Crippen molar-refractivity contribution >= 4 is 11.6 Å². The molecule has 35 heavy (non-hydrogen) atoms. The standard InChI is InChI=1S/C28H44N4O3/c33-21-23-4-3-13-31(20-23)27(34)24-5-7-26(8-6-24)30-14-9-25(10-15-30)29-22-28(11-1-2-12-28)32-16-18-35-19-17-32/h5-8,23,25,29,33H,1-4,9-22H2/t23-/m0/s1. The summed E-state index contributed by atoms with van der Waals surface area (Å²) in [5, 5.41) is 13.4. The third-order valence-corrected chi connectivity index (χ3v) is 8.97. The van der Waals surface area contributed by atoms with Gasteiger partial charge < -0.3 is 25.0 Å². The summed E-state index contributed by atoms with van der Waals surface area (Å²) in [6.45, 7) is 8.78. The summed E-state index contributed by atoms with van der Waals surface area (Å²) in [5.74, 6) is 0.318. The van der Waals surface area contributed by atoms with Gasteiger partial charge in [-0.25, -0.2) is 0 Å². The van der Waals surface area contributed by atoms with Crippen molar-refractivity contribution in [3.05, 3.63) is 29.8 Å². The van der Waals surface area contributed by atoms with Gasteiger partial charge in [-0.3, -0.25) is 9.69 Å². The fourth-order valence-electron chi connectivity index (χ4n) is 6.75. The van der Waals surface area contributed by atoms with Gasteiger partial charge in [0.25, 0.3) is 5.91 Å². The van der Waals surface area contributed by atoms with E-state index in [4.69, 9.17) is 4.74 Å². The van der Waals surface area contributed by atoms with Crippen molar-refractivity contribution in [3.8, 4) is 0 Å². The molecule has 0 unspecified atom stereocenters. The number of amides is 1. The molecule has 194 valence electrons. The monoisotopic (exact) mass is 484 g/mol. The number of rotatable bonds is 7. The summed E-state index contributed by atoms with van der Waals surface area (Å²) in [4.78, 5) is 20.0. The molecule has 1 aromatic carbocycles. The van der Waals surface area contributed by atoms with Crippen molar-refractivity contribution < 1.29 is 14.6 Å². The molecule has 2 N–H and O–H groups in total. The Balaban J connectivity index is 1.10. The quantitative estimate of drug-likeness (QED) is 0.620. The number of carbonyl (C=O) groups excluding carboxylic acids is 1. The first-order valence-corrected chi connectivity index (χ1v) is 14.0. The highest BCUT2D eigenvalue weighted by molar-refractivity contribution is 5.94. The summed E-state index contributed by atoms with van der Waals surface area (Å²) in [6.07, 6.45) is 9.67. The summed E-state index contributed by atoms with van der Waals surface area (Å²) in [7, 11) is 0. The summed E-state index contributed by atoms with van der Waals surface area (Å²) in [6, 6.07) is 8.78. The smallest absolute Gasteiger partial charge is 0.253 e. The molecule has 3 heterocycles. The van der Waals surface area contributed by atoms with Crippen molar-refractivity contribution in [3.63, 3.8) is 0 Å². The van der Waals surface area contributed by atoms with E-state index >= 15 is 0 Å². The zero-order valence-electron chi connectivity index (χ0n) is 21.3. The van der Waals surface area contributed by atoms with E-state index in [0.717, 1.165) is 83.7 Å². The molecular formula is C28H44N4O3. The highest BCUT2D eigenvalue weighted by atomic mass is 16.5. The summed E-state index contributed by atoms with van der Waals surface area (Å²) >= 11 is 0. The molecular weight excluding hydrogens is 440 g/mol. The van der Waals surface area contributed by atoms with Crippen LogP contribution in [0.1, 0.15) is 61.7 Å². The molecule has 0 spiro atoms. The first-order chi connectivity index (χ1) is 17.2. The molecule has 0 aromatic heterocycles. The lowest BCUT2D eigenvalue weighted by molar-refractivity contribution is -0.0214. The molecule has 1 aliphatic carbocycles. The van der Waals surface area contributed by atoms with E-state index in [2.05, 4.69) is 27.2 Å². The van der Waals surface area contributed by atoms with Crippen LogP contribution in [0.2, 0.25) is 0 Å². The lowest BCUT2D eigenvalue weighted by Gasteiger charge is -2.45. The van der Waals surface area contributed by atoms with Gasteiger partial charge in [-0.15, -0.1) is 0 Å². The van der Waals surface area contributed by atoms with E-state index in [1.54, 1.807) is 0 Å². The Labute approximate surface area is 210 Å². The fraction of sp³-hybridized carbons (Fsp3) is 0.750. The normalized spacial score (nSPS) is 26.3. The first kappa shape index (κ1) is 25.0. The Morgan fingerprint density at radius 3 is 2.37 bits per heavy atom. The number of morpholine rings is 1. The number of nitrogens with zero attached hydrogens (tertiary/aromatic N) is 3. The average molecular weight is 485 g/mol. The van der Waals surface area contributed by atoms with E-state index in [1.807, 2.05) is 17.0 Å². The molecule has 0 radical (unpaired) electrons. The van der Waals surface area contributed by atoms with E-state index in [9.17, 15) is 9.90 Å². The molecule has 7 nitrogen and oxygen atoms in total. The lowest BCUT2D eigenvalue weighted by atomic mass is 9.93. The largest absolute Gasteiger partial charge is 0.396 e. The molecule has 1 aromatic rings. The van der Waals surface area contributed by atoms with E-state index < -0.39 is 0 Å². The molecule has 5 rings (SSSR count). The van der Waals surface area contributed by atoms with Crippen LogP contribution in [0, 0.1) is 5.92 Å². The van der Waals surface area contributed by atoms with Crippen LogP contribution in [-0.2, 0) is 4.74 Å². The number of anilines is 1. The van der Waals surface area contributed by atoms with E-state index in [1.165, 1.54) is 31.4 Å². The maximum Gasteiger partial charge on any atom is 0.253 e. The van der Waals surface area contributed by atoms with Gasteiger partial charge in [-0.1, -0.05) is 12.8 Å². The van der Waals surface area contributed by atoms with Crippen LogP contribution in [0.3, 0.4) is 0 Å². The maximum absolute atomic E-state index is 12.9. The van der Waals surface area contributed by atoms with Gasteiger partial charge >= 0.3 is 0 Å². The van der Waals surface area contributed by atoms with Gasteiger partial charge in [0.1, 0.15) is 0 Å². The minimum absolute atomic E-state index is 0.0960. The zero-order valence-corrected chi connectivity index (χ0v) is 21.3. The molecule has 3 saturated heterocycles. The topological polar surface area (TPSA) is 68.3 Å². The van der Waals surface area contributed by atoms with Crippen molar-refractivity contribution in [2.75, 3.05) is 70.5 Å². The number of ether oxygens (including phenoxy) is 1. The van der Waals surface area contributed by atoms with Crippen molar-refractivity contribution in [1.29, 1.82) is 0 Å². The maximum atomic E-state index is 12.9. The number of carbonyl (C=O) groups is 1. The predicted octanol–water partition coefficient (Wildman–Crippen LogP) is 2.73. The molecule has 4 aliphatic rings. The molecule has 0 bridgehead atoms. The van der Waals surface area contributed by atoms with Crippen LogP contribution in [-0.4, -0.2) is 98.0 Å². The minimum Gasteiger partial charge on any atom is -0.396 e. The molecule has 1 amide bonds. The number of hydrogen-bond acceptors (Lipinski definition) is 6. The van der Waals surface area contributed by atoms with Crippen molar-refractivity contribution in [1.82, 2.24) is 15.1 Å². The van der Waals surface area contributed by atoms with Gasteiger partial charge in [-0.2, -0.15) is 0 Å². The number of aliphatic hydroxyl groups is 1. The summed E-state index contributed by atoms with van der Waals surface area (Å²) < 4.78 is 5.61. The Morgan fingerprint density at radius 1 is 0.971 bits per heavy atom. The third kappa shape index (κ3) is 5.85. The second-order valence-corrected chi connectivity index (χ2v) is 11.2. The van der Waals surface area contributed by atoms with Gasteiger partial charge in [0.15, 0.2) is 0 Å². The first-order valence-electron chi connectivity index (χ1n) is 14.0. The molecule has 4 fully saturated rings. The van der Waals surface area contributed by atoms with Crippen LogP contribution in [0.25, 0.3) is 0 Å². The van der Waals surface area contributed by atoms with E-state index in [-0.39, 0.29) is 18.4 Å². The third-order valence-electron chi connectivity index (χ3n) is 8.97. The Kier molecular flexibility index (Phi) is 8.28. The van der Waals surface area contributed by atoms with Crippen LogP contribution in [0.15, 0.2) is 24.3 Å². The number of piperidine rings is 2. The minimum atomic E-state index is 0.0960. The fourth-order valence-corrected chi connectivity index (χ4v) is 6.75.